The second-order valence-corrected chi connectivity index (χ2v) is 6.29. The summed E-state index contributed by atoms with van der Waals surface area (Å²) in [5.74, 6) is -0.115. The van der Waals surface area contributed by atoms with Crippen LogP contribution in [0, 0.1) is 0 Å². The van der Waals surface area contributed by atoms with Crippen LogP contribution in [0.15, 0.2) is 35.7 Å². The number of nitrogens with two attached hydrogens (primary N) is 1. The summed E-state index contributed by atoms with van der Waals surface area (Å²) in [5.41, 5.74) is 7.59. The van der Waals surface area contributed by atoms with Crippen LogP contribution in [0.3, 0.4) is 0 Å². The molecule has 0 spiro atoms. The first-order valence-electron chi connectivity index (χ1n) is 7.31. The van der Waals surface area contributed by atoms with Gasteiger partial charge in [0.05, 0.1) is 0 Å². The minimum Gasteiger partial charge on any atom is -0.346 e. The SMILES string of the molecule is NC1CCCCC1NC(=O)c1csc(-c2ccccc2)n1. The van der Waals surface area contributed by atoms with Gasteiger partial charge in [-0.05, 0) is 12.8 Å². The third-order valence-corrected chi connectivity index (χ3v) is 4.78. The van der Waals surface area contributed by atoms with Gasteiger partial charge in [-0.25, -0.2) is 4.98 Å². The Balaban J connectivity index is 1.69. The highest BCUT2D eigenvalue weighted by Gasteiger charge is 2.24. The number of hydrogen-bond donors (Lipinski definition) is 2. The normalized spacial score (nSPS) is 22.0. The number of aromatic nitrogens is 1. The molecule has 3 N–H and O–H groups in total. The number of benzene rings is 1. The van der Waals surface area contributed by atoms with Gasteiger partial charge in [0.15, 0.2) is 0 Å². The first-order valence-corrected chi connectivity index (χ1v) is 8.19. The van der Waals surface area contributed by atoms with Crippen molar-refractivity contribution in [3.63, 3.8) is 0 Å². The average Bonchev–Trinajstić information content (AvgIpc) is 3.00. The first-order chi connectivity index (χ1) is 10.2. The van der Waals surface area contributed by atoms with E-state index in [0.717, 1.165) is 36.3 Å². The van der Waals surface area contributed by atoms with E-state index < -0.39 is 0 Å². The minimum atomic E-state index is -0.115. The molecule has 0 bridgehead atoms. The number of carbonyl (C=O) groups is 1. The summed E-state index contributed by atoms with van der Waals surface area (Å²) < 4.78 is 0. The molecule has 1 heterocycles. The van der Waals surface area contributed by atoms with Crippen molar-refractivity contribution in [2.45, 2.75) is 37.8 Å². The molecule has 0 radical (unpaired) electrons. The van der Waals surface area contributed by atoms with E-state index in [-0.39, 0.29) is 18.0 Å². The largest absolute Gasteiger partial charge is 0.346 e. The fourth-order valence-electron chi connectivity index (χ4n) is 2.67. The van der Waals surface area contributed by atoms with Crippen molar-refractivity contribution < 1.29 is 4.79 Å². The summed E-state index contributed by atoms with van der Waals surface area (Å²) in [4.78, 5) is 16.7. The van der Waals surface area contributed by atoms with Gasteiger partial charge < -0.3 is 11.1 Å². The second-order valence-electron chi connectivity index (χ2n) is 5.43. The molecule has 0 saturated heterocycles. The number of hydrogen-bond acceptors (Lipinski definition) is 4. The Morgan fingerprint density at radius 3 is 2.76 bits per heavy atom. The average molecular weight is 301 g/mol. The molecular weight excluding hydrogens is 282 g/mol. The van der Waals surface area contributed by atoms with E-state index >= 15 is 0 Å². The number of nitrogens with zero attached hydrogens (tertiary/aromatic N) is 1. The molecular formula is C16H19N3OS. The number of thiazole rings is 1. The zero-order chi connectivity index (χ0) is 14.7. The van der Waals surface area contributed by atoms with Gasteiger partial charge >= 0.3 is 0 Å². The molecule has 2 atom stereocenters. The maximum absolute atomic E-state index is 12.3. The van der Waals surface area contributed by atoms with E-state index in [9.17, 15) is 4.79 Å². The van der Waals surface area contributed by atoms with E-state index in [1.165, 1.54) is 11.3 Å². The van der Waals surface area contributed by atoms with E-state index in [1.54, 1.807) is 0 Å². The summed E-state index contributed by atoms with van der Waals surface area (Å²) in [6.45, 7) is 0. The Morgan fingerprint density at radius 2 is 2.00 bits per heavy atom. The highest BCUT2D eigenvalue weighted by atomic mass is 32.1. The van der Waals surface area contributed by atoms with E-state index in [2.05, 4.69) is 10.3 Å². The Labute approximate surface area is 128 Å². The highest BCUT2D eigenvalue weighted by molar-refractivity contribution is 7.13. The molecule has 5 heteroatoms. The predicted molar refractivity (Wildman–Crippen MR) is 85.2 cm³/mol. The lowest BCUT2D eigenvalue weighted by molar-refractivity contribution is 0.0917. The molecule has 0 aliphatic heterocycles. The van der Waals surface area contributed by atoms with Crippen molar-refractivity contribution in [3.8, 4) is 10.6 Å². The van der Waals surface area contributed by atoms with Crippen molar-refractivity contribution in [2.75, 3.05) is 0 Å². The quantitative estimate of drug-likeness (QED) is 0.916. The van der Waals surface area contributed by atoms with Crippen LogP contribution in [0.5, 0.6) is 0 Å². The number of carbonyl (C=O) groups excluding carboxylic acids is 1. The Morgan fingerprint density at radius 1 is 1.24 bits per heavy atom. The van der Waals surface area contributed by atoms with Crippen LogP contribution in [-0.4, -0.2) is 23.0 Å². The molecule has 2 aromatic rings. The van der Waals surface area contributed by atoms with Gasteiger partial charge in [0.1, 0.15) is 10.7 Å². The second kappa shape index (κ2) is 6.37. The molecule has 1 saturated carbocycles. The lowest BCUT2D eigenvalue weighted by Crippen LogP contribution is -2.49. The zero-order valence-corrected chi connectivity index (χ0v) is 12.6. The van der Waals surface area contributed by atoms with Gasteiger partial charge in [0.2, 0.25) is 0 Å². The van der Waals surface area contributed by atoms with Crippen LogP contribution in [0.2, 0.25) is 0 Å². The van der Waals surface area contributed by atoms with Crippen LogP contribution < -0.4 is 11.1 Å². The third kappa shape index (κ3) is 3.31. The zero-order valence-electron chi connectivity index (χ0n) is 11.8. The van der Waals surface area contributed by atoms with Crippen LogP contribution in [0.25, 0.3) is 10.6 Å². The molecule has 110 valence electrons. The van der Waals surface area contributed by atoms with E-state index in [0.29, 0.717) is 5.69 Å². The molecule has 4 nitrogen and oxygen atoms in total. The van der Waals surface area contributed by atoms with Crippen molar-refractivity contribution in [3.05, 3.63) is 41.4 Å². The summed E-state index contributed by atoms with van der Waals surface area (Å²) in [6.07, 6.45) is 4.23. The van der Waals surface area contributed by atoms with Gasteiger partial charge in [0.25, 0.3) is 5.91 Å². The van der Waals surface area contributed by atoms with E-state index in [4.69, 9.17) is 5.73 Å². The van der Waals surface area contributed by atoms with Gasteiger partial charge in [-0.2, -0.15) is 0 Å². The van der Waals surface area contributed by atoms with Gasteiger partial charge in [0, 0.05) is 23.0 Å². The standard InChI is InChI=1S/C16H19N3OS/c17-12-8-4-5-9-13(12)18-15(20)14-10-21-16(19-14)11-6-2-1-3-7-11/h1-3,6-7,10,12-13H,4-5,8-9,17H2,(H,18,20). The molecule has 2 unspecified atom stereocenters. The van der Waals surface area contributed by atoms with Gasteiger partial charge in [-0.1, -0.05) is 43.2 Å². The minimum absolute atomic E-state index is 0.0647. The number of nitrogens with one attached hydrogen (secondary N) is 1. The summed E-state index contributed by atoms with van der Waals surface area (Å²) in [6, 6.07) is 10.0. The maximum Gasteiger partial charge on any atom is 0.271 e. The topological polar surface area (TPSA) is 68.0 Å². The van der Waals surface area contributed by atoms with Crippen LogP contribution in [0.1, 0.15) is 36.2 Å². The first kappa shape index (κ1) is 14.2. The molecule has 1 aliphatic rings. The molecule has 1 aromatic heterocycles. The van der Waals surface area contributed by atoms with Crippen LogP contribution >= 0.6 is 11.3 Å². The number of amides is 1. The fourth-order valence-corrected chi connectivity index (χ4v) is 3.48. The summed E-state index contributed by atoms with van der Waals surface area (Å²) in [7, 11) is 0. The lowest BCUT2D eigenvalue weighted by Gasteiger charge is -2.28. The Bertz CT molecular complexity index is 611. The Kier molecular flexibility index (Phi) is 4.31. The smallest absolute Gasteiger partial charge is 0.271 e. The number of rotatable bonds is 3. The Hall–Kier alpha value is -1.72. The summed E-state index contributed by atoms with van der Waals surface area (Å²) in [5, 5.41) is 5.71. The van der Waals surface area contributed by atoms with Crippen molar-refractivity contribution in [1.29, 1.82) is 0 Å². The lowest BCUT2D eigenvalue weighted by atomic mass is 9.91. The van der Waals surface area contributed by atoms with Crippen LogP contribution in [0.4, 0.5) is 0 Å². The van der Waals surface area contributed by atoms with Gasteiger partial charge in [-0.15, -0.1) is 11.3 Å². The highest BCUT2D eigenvalue weighted by Crippen LogP contribution is 2.23. The van der Waals surface area contributed by atoms with Crippen molar-refractivity contribution in [2.24, 2.45) is 5.73 Å². The van der Waals surface area contributed by atoms with Crippen molar-refractivity contribution in [1.82, 2.24) is 10.3 Å². The molecule has 1 amide bonds. The molecule has 3 rings (SSSR count). The molecule has 1 fully saturated rings. The van der Waals surface area contributed by atoms with E-state index in [1.807, 2.05) is 35.7 Å². The molecule has 21 heavy (non-hydrogen) atoms. The monoisotopic (exact) mass is 301 g/mol. The maximum atomic E-state index is 12.3. The molecule has 1 aromatic carbocycles. The fraction of sp³-hybridized carbons (Fsp3) is 0.375. The molecule has 1 aliphatic carbocycles. The predicted octanol–water partition coefficient (Wildman–Crippen LogP) is 2.81. The van der Waals surface area contributed by atoms with Crippen LogP contribution in [-0.2, 0) is 0 Å². The van der Waals surface area contributed by atoms with Gasteiger partial charge in [-0.3, -0.25) is 4.79 Å². The third-order valence-electron chi connectivity index (χ3n) is 3.89. The summed E-state index contributed by atoms with van der Waals surface area (Å²) >= 11 is 1.49. The van der Waals surface area contributed by atoms with Crippen molar-refractivity contribution >= 4 is 17.2 Å².